The number of hydrogen-bond donors (Lipinski definition) is 1. The highest BCUT2D eigenvalue weighted by Crippen LogP contribution is 2.21. The van der Waals surface area contributed by atoms with E-state index in [1.165, 1.54) is 6.26 Å². The molecular formula is C12H15N3O2S. The molecule has 2 aromatic rings. The van der Waals surface area contributed by atoms with Gasteiger partial charge in [0.25, 0.3) is 0 Å². The Morgan fingerprint density at radius 2 is 2.11 bits per heavy atom. The number of nitrogens with two attached hydrogens (primary N) is 1. The minimum atomic E-state index is -3.18. The number of hydrogen-bond acceptors (Lipinski definition) is 4. The molecule has 0 radical (unpaired) electrons. The van der Waals surface area contributed by atoms with Crippen molar-refractivity contribution in [2.75, 3.05) is 12.8 Å². The second kappa shape index (κ2) is 4.91. The van der Waals surface area contributed by atoms with E-state index in [4.69, 9.17) is 5.73 Å². The number of benzene rings is 1. The number of nitrogens with zero attached hydrogens (tertiary/aromatic N) is 2. The molecule has 1 heterocycles. The van der Waals surface area contributed by atoms with Gasteiger partial charge in [-0.15, -0.1) is 0 Å². The molecule has 0 bridgehead atoms. The van der Waals surface area contributed by atoms with Crippen LogP contribution < -0.4 is 5.73 Å². The zero-order valence-corrected chi connectivity index (χ0v) is 10.9. The van der Waals surface area contributed by atoms with Crippen LogP contribution in [-0.2, 0) is 16.4 Å². The lowest BCUT2D eigenvalue weighted by molar-refractivity contribution is 0.602. The van der Waals surface area contributed by atoms with Gasteiger partial charge < -0.3 is 5.73 Å². The average molecular weight is 265 g/mol. The molecule has 0 unspecified atom stereocenters. The quantitative estimate of drug-likeness (QED) is 0.891. The maximum atomic E-state index is 11.5. The molecule has 0 amide bonds. The van der Waals surface area contributed by atoms with Crippen molar-refractivity contribution in [2.45, 2.75) is 11.4 Å². The summed E-state index contributed by atoms with van der Waals surface area (Å²) in [5, 5.41) is 4.16. The van der Waals surface area contributed by atoms with E-state index in [0.29, 0.717) is 18.0 Å². The number of rotatable bonds is 4. The fourth-order valence-corrected chi connectivity index (χ4v) is 2.34. The molecule has 6 heteroatoms. The molecule has 18 heavy (non-hydrogen) atoms. The van der Waals surface area contributed by atoms with Crippen molar-refractivity contribution in [1.29, 1.82) is 0 Å². The fraction of sp³-hybridized carbons (Fsp3) is 0.250. The van der Waals surface area contributed by atoms with Crippen LogP contribution in [0.5, 0.6) is 0 Å². The molecule has 0 fully saturated rings. The second-order valence-corrected chi connectivity index (χ2v) is 6.10. The van der Waals surface area contributed by atoms with Crippen LogP contribution in [0.1, 0.15) is 0 Å². The lowest BCUT2D eigenvalue weighted by Crippen LogP contribution is -2.09. The Kier molecular flexibility index (Phi) is 3.49. The third-order valence-corrected chi connectivity index (χ3v) is 3.70. The molecule has 0 atom stereocenters. The molecule has 1 aromatic heterocycles. The van der Waals surface area contributed by atoms with E-state index in [1.54, 1.807) is 29.1 Å². The molecular weight excluding hydrogens is 250 g/mol. The van der Waals surface area contributed by atoms with Crippen LogP contribution in [0.2, 0.25) is 0 Å². The van der Waals surface area contributed by atoms with E-state index in [-0.39, 0.29) is 0 Å². The largest absolute Gasteiger partial charge is 0.329 e. The first-order valence-corrected chi connectivity index (χ1v) is 7.43. The topological polar surface area (TPSA) is 78.0 Å². The Morgan fingerprint density at radius 3 is 2.78 bits per heavy atom. The summed E-state index contributed by atoms with van der Waals surface area (Å²) in [4.78, 5) is 0.312. The highest BCUT2D eigenvalue weighted by atomic mass is 32.2. The number of sulfone groups is 1. The Labute approximate surface area is 106 Å². The third kappa shape index (κ3) is 2.77. The van der Waals surface area contributed by atoms with Crippen molar-refractivity contribution in [3.63, 3.8) is 0 Å². The molecule has 0 saturated heterocycles. The van der Waals surface area contributed by atoms with Crippen LogP contribution in [0.3, 0.4) is 0 Å². The van der Waals surface area contributed by atoms with Crippen molar-refractivity contribution in [3.05, 3.63) is 36.7 Å². The summed E-state index contributed by atoms with van der Waals surface area (Å²) in [6, 6.07) is 6.83. The summed E-state index contributed by atoms with van der Waals surface area (Å²) in [6.45, 7) is 1.16. The minimum Gasteiger partial charge on any atom is -0.329 e. The molecule has 0 saturated carbocycles. The highest BCUT2D eigenvalue weighted by molar-refractivity contribution is 7.90. The van der Waals surface area contributed by atoms with Crippen molar-refractivity contribution >= 4 is 9.84 Å². The molecule has 96 valence electrons. The van der Waals surface area contributed by atoms with Crippen LogP contribution in [0, 0.1) is 0 Å². The number of aromatic nitrogens is 2. The van der Waals surface area contributed by atoms with Crippen molar-refractivity contribution < 1.29 is 8.42 Å². The third-order valence-electron chi connectivity index (χ3n) is 2.59. The van der Waals surface area contributed by atoms with Gasteiger partial charge in [0.15, 0.2) is 9.84 Å². The summed E-state index contributed by atoms with van der Waals surface area (Å²) >= 11 is 0. The molecule has 5 nitrogen and oxygen atoms in total. The summed E-state index contributed by atoms with van der Waals surface area (Å²) in [6.07, 6.45) is 4.76. The van der Waals surface area contributed by atoms with Gasteiger partial charge in [-0.2, -0.15) is 5.10 Å². The Hall–Kier alpha value is -1.66. The first kappa shape index (κ1) is 12.8. The second-order valence-electron chi connectivity index (χ2n) is 4.08. The van der Waals surface area contributed by atoms with Crippen LogP contribution in [-0.4, -0.2) is 31.0 Å². The van der Waals surface area contributed by atoms with Gasteiger partial charge in [-0.3, -0.25) is 4.68 Å². The molecule has 0 aliphatic rings. The Morgan fingerprint density at radius 1 is 1.33 bits per heavy atom. The van der Waals surface area contributed by atoms with Crippen LogP contribution in [0.25, 0.3) is 11.1 Å². The molecule has 1 aromatic carbocycles. The van der Waals surface area contributed by atoms with Gasteiger partial charge in [-0.25, -0.2) is 8.42 Å². The van der Waals surface area contributed by atoms with Crippen LogP contribution in [0.15, 0.2) is 41.6 Å². The van der Waals surface area contributed by atoms with Gasteiger partial charge >= 0.3 is 0 Å². The van der Waals surface area contributed by atoms with Gasteiger partial charge in [0, 0.05) is 24.6 Å². The zero-order chi connectivity index (χ0) is 13.2. The van der Waals surface area contributed by atoms with E-state index < -0.39 is 9.84 Å². The summed E-state index contributed by atoms with van der Waals surface area (Å²) in [5.74, 6) is 0. The molecule has 0 aliphatic heterocycles. The van der Waals surface area contributed by atoms with Crippen LogP contribution >= 0.6 is 0 Å². The summed E-state index contributed by atoms with van der Waals surface area (Å²) < 4.78 is 24.7. The summed E-state index contributed by atoms with van der Waals surface area (Å²) in [5.41, 5.74) is 7.17. The van der Waals surface area contributed by atoms with Gasteiger partial charge in [0.05, 0.1) is 17.6 Å². The van der Waals surface area contributed by atoms with E-state index in [2.05, 4.69) is 5.10 Å². The van der Waals surface area contributed by atoms with Gasteiger partial charge in [-0.1, -0.05) is 12.1 Å². The molecule has 2 rings (SSSR count). The van der Waals surface area contributed by atoms with Gasteiger partial charge in [0.2, 0.25) is 0 Å². The van der Waals surface area contributed by atoms with Gasteiger partial charge in [0.1, 0.15) is 0 Å². The first-order chi connectivity index (χ1) is 8.50. The van der Waals surface area contributed by atoms with E-state index in [9.17, 15) is 8.42 Å². The fourth-order valence-electron chi connectivity index (χ4n) is 1.67. The molecule has 2 N–H and O–H groups in total. The van der Waals surface area contributed by atoms with E-state index >= 15 is 0 Å². The van der Waals surface area contributed by atoms with E-state index in [0.717, 1.165) is 11.1 Å². The van der Waals surface area contributed by atoms with Crippen LogP contribution in [0.4, 0.5) is 0 Å². The summed E-state index contributed by atoms with van der Waals surface area (Å²) in [7, 11) is -3.18. The predicted molar refractivity (Wildman–Crippen MR) is 69.8 cm³/mol. The standard InChI is InChI=1S/C12H15N3O2S/c1-18(16,17)12-4-2-3-10(7-12)11-8-14-15(9-11)6-5-13/h2-4,7-9H,5-6,13H2,1H3. The smallest absolute Gasteiger partial charge is 0.175 e. The van der Waals surface area contributed by atoms with Crippen molar-refractivity contribution in [1.82, 2.24) is 9.78 Å². The monoisotopic (exact) mass is 265 g/mol. The van der Waals surface area contributed by atoms with Gasteiger partial charge in [-0.05, 0) is 17.7 Å². The average Bonchev–Trinajstić information content (AvgIpc) is 2.77. The zero-order valence-electron chi connectivity index (χ0n) is 10.1. The van der Waals surface area contributed by atoms with Crippen molar-refractivity contribution in [3.8, 4) is 11.1 Å². The minimum absolute atomic E-state index is 0.312. The maximum absolute atomic E-state index is 11.5. The predicted octanol–water partition coefficient (Wildman–Crippen LogP) is 0.912. The first-order valence-electron chi connectivity index (χ1n) is 5.54. The lowest BCUT2D eigenvalue weighted by Gasteiger charge is -2.01. The maximum Gasteiger partial charge on any atom is 0.175 e. The Bertz CT molecular complexity index is 647. The lowest BCUT2D eigenvalue weighted by atomic mass is 10.1. The van der Waals surface area contributed by atoms with E-state index in [1.807, 2.05) is 12.3 Å². The molecule has 0 aliphatic carbocycles. The SMILES string of the molecule is CS(=O)(=O)c1cccc(-c2cnn(CCN)c2)c1. The highest BCUT2D eigenvalue weighted by Gasteiger charge is 2.09. The van der Waals surface area contributed by atoms with Crippen molar-refractivity contribution in [2.24, 2.45) is 5.73 Å². The normalized spacial score (nSPS) is 11.7. The molecule has 0 spiro atoms. The Balaban J connectivity index is 2.38.